The molecule has 2 heterocycles. The molecule has 2 aromatic carbocycles. The molecule has 6 heteroatoms. The number of aromatic nitrogens is 3. The maximum absolute atomic E-state index is 12.7. The van der Waals surface area contributed by atoms with Crippen molar-refractivity contribution in [3.05, 3.63) is 75.2 Å². The predicted octanol–water partition coefficient (Wildman–Crippen LogP) is 3.14. The van der Waals surface area contributed by atoms with E-state index in [4.69, 9.17) is 4.74 Å². The van der Waals surface area contributed by atoms with Crippen molar-refractivity contribution in [3.8, 4) is 5.75 Å². The first-order valence-corrected chi connectivity index (χ1v) is 9.80. The molecule has 4 aromatic rings. The Morgan fingerprint density at radius 3 is 2.76 bits per heavy atom. The van der Waals surface area contributed by atoms with Gasteiger partial charge >= 0.3 is 5.69 Å². The molecule has 0 amide bonds. The number of hydrogen-bond donors (Lipinski definition) is 1. The quantitative estimate of drug-likeness (QED) is 0.514. The Bertz CT molecular complexity index is 1250. The molecule has 4 rings (SSSR count). The van der Waals surface area contributed by atoms with E-state index in [1.54, 1.807) is 18.6 Å². The minimum absolute atomic E-state index is 0.117. The molecule has 29 heavy (non-hydrogen) atoms. The first-order valence-electron chi connectivity index (χ1n) is 9.80. The van der Waals surface area contributed by atoms with Gasteiger partial charge in [-0.2, -0.15) is 0 Å². The first kappa shape index (κ1) is 19.2. The van der Waals surface area contributed by atoms with Gasteiger partial charge in [0.2, 0.25) is 0 Å². The van der Waals surface area contributed by atoms with Gasteiger partial charge < -0.3 is 10.1 Å². The van der Waals surface area contributed by atoms with Gasteiger partial charge in [-0.25, -0.2) is 13.9 Å². The van der Waals surface area contributed by atoms with Gasteiger partial charge in [-0.1, -0.05) is 18.2 Å². The smallest absolute Gasteiger partial charge is 0.350 e. The topological polar surface area (TPSA) is 60.6 Å². The lowest BCUT2D eigenvalue weighted by atomic mass is 10.0. The highest BCUT2D eigenvalue weighted by Crippen LogP contribution is 2.24. The number of methoxy groups -OCH3 is 1. The highest BCUT2D eigenvalue weighted by Gasteiger charge is 2.14. The van der Waals surface area contributed by atoms with Crippen molar-refractivity contribution < 1.29 is 4.74 Å². The van der Waals surface area contributed by atoms with Gasteiger partial charge in [0.1, 0.15) is 5.75 Å². The van der Waals surface area contributed by atoms with E-state index >= 15 is 0 Å². The van der Waals surface area contributed by atoms with Crippen molar-refractivity contribution in [2.45, 2.75) is 26.8 Å². The van der Waals surface area contributed by atoms with Gasteiger partial charge in [-0.05, 0) is 67.8 Å². The van der Waals surface area contributed by atoms with E-state index in [1.165, 1.54) is 10.2 Å². The third-order valence-corrected chi connectivity index (χ3v) is 5.32. The summed E-state index contributed by atoms with van der Waals surface area (Å²) in [4.78, 5) is 12.7. The zero-order chi connectivity index (χ0) is 20.5. The van der Waals surface area contributed by atoms with Crippen molar-refractivity contribution >= 4 is 16.6 Å². The molecule has 0 radical (unpaired) electrons. The largest absolute Gasteiger partial charge is 0.497 e. The van der Waals surface area contributed by atoms with E-state index in [0.29, 0.717) is 12.2 Å². The maximum atomic E-state index is 12.7. The lowest BCUT2D eigenvalue weighted by Gasteiger charge is -2.11. The van der Waals surface area contributed by atoms with Crippen molar-refractivity contribution in [1.29, 1.82) is 0 Å². The third kappa shape index (κ3) is 3.63. The maximum Gasteiger partial charge on any atom is 0.350 e. The number of pyridine rings is 1. The second-order valence-corrected chi connectivity index (χ2v) is 7.53. The lowest BCUT2D eigenvalue weighted by molar-refractivity contribution is 0.414. The van der Waals surface area contributed by atoms with Crippen molar-refractivity contribution in [2.75, 3.05) is 13.7 Å². The molecule has 0 fully saturated rings. The van der Waals surface area contributed by atoms with Gasteiger partial charge in [0, 0.05) is 24.5 Å². The Labute approximate surface area is 169 Å². The lowest BCUT2D eigenvalue weighted by Crippen LogP contribution is -2.20. The monoisotopic (exact) mass is 390 g/mol. The summed E-state index contributed by atoms with van der Waals surface area (Å²) in [6.07, 6.45) is 0.897. The summed E-state index contributed by atoms with van der Waals surface area (Å²) in [5.74, 6) is 0.873. The van der Waals surface area contributed by atoms with Crippen LogP contribution in [0.2, 0.25) is 0 Å². The van der Waals surface area contributed by atoms with Crippen molar-refractivity contribution in [1.82, 2.24) is 19.5 Å². The highest BCUT2D eigenvalue weighted by atomic mass is 16.5. The number of hydrogen-bond acceptors (Lipinski definition) is 4. The number of benzene rings is 2. The van der Waals surface area contributed by atoms with Crippen molar-refractivity contribution in [2.24, 2.45) is 7.05 Å². The van der Waals surface area contributed by atoms with E-state index in [1.807, 2.05) is 19.1 Å². The minimum atomic E-state index is -0.117. The summed E-state index contributed by atoms with van der Waals surface area (Å²) < 4.78 is 8.43. The fraction of sp³-hybridized carbons (Fsp3) is 0.304. The molecule has 2 aromatic heterocycles. The standard InChI is InChI=1S/C23H26N4O2/c1-15-10-16(2)20-13-18(22-25-26(3)23(28)27(22)21(20)11-15)14-24-9-8-17-6-5-7-19(12-17)29-4/h5-7,10-13,24H,8-9,14H2,1-4H3. The summed E-state index contributed by atoms with van der Waals surface area (Å²) in [5, 5.41) is 9.08. The van der Waals surface area contributed by atoms with Crippen molar-refractivity contribution in [3.63, 3.8) is 0 Å². The Balaban J connectivity index is 1.63. The van der Waals surface area contributed by atoms with Crippen LogP contribution in [0, 0.1) is 13.8 Å². The molecule has 0 bridgehead atoms. The van der Waals surface area contributed by atoms with E-state index in [2.05, 4.69) is 47.7 Å². The van der Waals surface area contributed by atoms with Gasteiger partial charge in [-0.15, -0.1) is 5.10 Å². The zero-order valence-corrected chi connectivity index (χ0v) is 17.3. The van der Waals surface area contributed by atoms with Crippen LogP contribution in [0.5, 0.6) is 5.75 Å². The zero-order valence-electron chi connectivity index (χ0n) is 17.3. The van der Waals surface area contributed by atoms with Crippen LogP contribution in [0.4, 0.5) is 0 Å². The van der Waals surface area contributed by atoms with Crippen LogP contribution >= 0.6 is 0 Å². The molecular formula is C23H26N4O2. The van der Waals surface area contributed by atoms with Crippen LogP contribution in [-0.2, 0) is 20.0 Å². The normalized spacial score (nSPS) is 11.4. The number of nitrogens with zero attached hydrogens (tertiary/aromatic N) is 3. The van der Waals surface area contributed by atoms with Gasteiger partial charge in [0.25, 0.3) is 0 Å². The van der Waals surface area contributed by atoms with E-state index in [-0.39, 0.29) is 5.69 Å². The van der Waals surface area contributed by atoms with Crippen LogP contribution < -0.4 is 15.7 Å². The van der Waals surface area contributed by atoms with E-state index in [0.717, 1.165) is 46.3 Å². The fourth-order valence-corrected chi connectivity index (χ4v) is 3.87. The molecule has 0 unspecified atom stereocenters. The summed E-state index contributed by atoms with van der Waals surface area (Å²) in [6, 6.07) is 14.5. The average molecular weight is 390 g/mol. The molecule has 0 saturated heterocycles. The molecule has 0 aliphatic heterocycles. The van der Waals surface area contributed by atoms with Crippen LogP contribution in [0.25, 0.3) is 16.6 Å². The number of rotatable bonds is 6. The summed E-state index contributed by atoms with van der Waals surface area (Å²) in [5.41, 5.74) is 6.05. The van der Waals surface area contributed by atoms with E-state index < -0.39 is 0 Å². The van der Waals surface area contributed by atoms with Crippen LogP contribution in [-0.4, -0.2) is 27.8 Å². The molecule has 0 aliphatic rings. The molecule has 150 valence electrons. The Kier molecular flexibility index (Phi) is 5.11. The van der Waals surface area contributed by atoms with Gasteiger partial charge in [-0.3, -0.25) is 0 Å². The number of nitrogens with one attached hydrogen (secondary N) is 1. The number of ether oxygens (including phenoxy) is 1. The second kappa shape index (κ2) is 7.72. The van der Waals surface area contributed by atoms with Gasteiger partial charge in [0.05, 0.1) is 12.6 Å². The molecule has 1 N–H and O–H groups in total. The third-order valence-electron chi connectivity index (χ3n) is 5.32. The van der Waals surface area contributed by atoms with Crippen LogP contribution in [0.3, 0.4) is 0 Å². The molecule has 0 atom stereocenters. The molecule has 0 spiro atoms. The SMILES string of the molecule is COc1cccc(CCNCc2cc3c(C)cc(C)cc3n3c(=O)n(C)nc23)c1. The Morgan fingerprint density at radius 1 is 1.14 bits per heavy atom. The number of fused-ring (bicyclic) bond motifs is 3. The first-order chi connectivity index (χ1) is 14.0. The molecular weight excluding hydrogens is 364 g/mol. The van der Waals surface area contributed by atoms with E-state index in [9.17, 15) is 4.79 Å². The summed E-state index contributed by atoms with van der Waals surface area (Å²) in [6.45, 7) is 5.60. The Hall–Kier alpha value is -3.12. The second-order valence-electron chi connectivity index (χ2n) is 7.53. The average Bonchev–Trinajstić information content (AvgIpc) is 3.01. The molecule has 6 nitrogen and oxygen atoms in total. The van der Waals surface area contributed by atoms with Crippen LogP contribution in [0.1, 0.15) is 22.3 Å². The fourth-order valence-electron chi connectivity index (χ4n) is 3.87. The highest BCUT2D eigenvalue weighted by molar-refractivity contribution is 5.87. The number of aryl methyl sites for hydroxylation is 3. The summed E-state index contributed by atoms with van der Waals surface area (Å²) in [7, 11) is 3.38. The summed E-state index contributed by atoms with van der Waals surface area (Å²) >= 11 is 0. The molecule has 0 saturated carbocycles. The Morgan fingerprint density at radius 2 is 1.97 bits per heavy atom. The molecule has 0 aliphatic carbocycles. The predicted molar refractivity (Wildman–Crippen MR) is 116 cm³/mol. The minimum Gasteiger partial charge on any atom is -0.497 e. The van der Waals surface area contributed by atoms with Crippen LogP contribution in [0.15, 0.2) is 47.3 Å². The van der Waals surface area contributed by atoms with Gasteiger partial charge in [0.15, 0.2) is 5.65 Å².